The summed E-state index contributed by atoms with van der Waals surface area (Å²) >= 11 is 0. The number of benzene rings is 2. The molecule has 3 rings (SSSR count). The van der Waals surface area contributed by atoms with Crippen molar-refractivity contribution < 1.29 is 14.3 Å². The van der Waals surface area contributed by atoms with E-state index in [1.807, 2.05) is 17.0 Å². The molecule has 0 spiro atoms. The number of amides is 1. The van der Waals surface area contributed by atoms with Gasteiger partial charge in [-0.3, -0.25) is 4.79 Å². The van der Waals surface area contributed by atoms with E-state index in [2.05, 4.69) is 11.4 Å². The summed E-state index contributed by atoms with van der Waals surface area (Å²) in [6.45, 7) is 2.24. The van der Waals surface area contributed by atoms with Crippen molar-refractivity contribution in [2.24, 2.45) is 0 Å². The number of hydrogen-bond donors (Lipinski definition) is 1. The molecule has 1 fully saturated rings. The fraction of sp³-hybridized carbons (Fsp3) is 0.318. The highest BCUT2D eigenvalue weighted by atomic mass is 16.5. The van der Waals surface area contributed by atoms with Crippen LogP contribution in [0.3, 0.4) is 0 Å². The van der Waals surface area contributed by atoms with Crippen LogP contribution in [0.2, 0.25) is 0 Å². The first-order valence-corrected chi connectivity index (χ1v) is 9.31. The van der Waals surface area contributed by atoms with Gasteiger partial charge in [0.05, 0.1) is 24.3 Å². The second-order valence-electron chi connectivity index (χ2n) is 6.79. The predicted molar refractivity (Wildman–Crippen MR) is 105 cm³/mol. The molecule has 144 valence electrons. The zero-order valence-electron chi connectivity index (χ0n) is 15.9. The molecule has 0 atom stereocenters. The summed E-state index contributed by atoms with van der Waals surface area (Å²) in [5.74, 6) is -0.487. The SMILES string of the molecule is COC(=O)c1ccc(C(=O)N(Cc2ccc(C#N)cc2)C2CCNCC2)cc1. The smallest absolute Gasteiger partial charge is 0.337 e. The van der Waals surface area contributed by atoms with Crippen LogP contribution in [-0.4, -0.2) is 43.0 Å². The molecule has 6 heteroatoms. The van der Waals surface area contributed by atoms with Crippen molar-refractivity contribution in [2.45, 2.75) is 25.4 Å². The highest BCUT2D eigenvalue weighted by Gasteiger charge is 2.26. The number of carbonyl (C=O) groups excluding carboxylic acids is 2. The van der Waals surface area contributed by atoms with E-state index >= 15 is 0 Å². The zero-order valence-corrected chi connectivity index (χ0v) is 15.9. The van der Waals surface area contributed by atoms with Crippen LogP contribution in [0.25, 0.3) is 0 Å². The minimum absolute atomic E-state index is 0.0623. The van der Waals surface area contributed by atoms with Crippen molar-refractivity contribution in [3.05, 3.63) is 70.8 Å². The summed E-state index contributed by atoms with van der Waals surface area (Å²) in [6.07, 6.45) is 1.78. The molecule has 1 aliphatic rings. The molecule has 1 amide bonds. The van der Waals surface area contributed by atoms with E-state index in [-0.39, 0.29) is 11.9 Å². The van der Waals surface area contributed by atoms with E-state index in [1.165, 1.54) is 7.11 Å². The number of methoxy groups -OCH3 is 1. The highest BCUT2D eigenvalue weighted by Crippen LogP contribution is 2.20. The quantitative estimate of drug-likeness (QED) is 0.810. The van der Waals surface area contributed by atoms with Crippen LogP contribution in [0.5, 0.6) is 0 Å². The lowest BCUT2D eigenvalue weighted by Gasteiger charge is -2.35. The number of hydrogen-bond acceptors (Lipinski definition) is 5. The van der Waals surface area contributed by atoms with Gasteiger partial charge in [0, 0.05) is 18.2 Å². The topological polar surface area (TPSA) is 82.4 Å². The van der Waals surface area contributed by atoms with Gasteiger partial charge in [0.1, 0.15) is 0 Å². The van der Waals surface area contributed by atoms with Gasteiger partial charge in [0.15, 0.2) is 0 Å². The van der Waals surface area contributed by atoms with Gasteiger partial charge in [-0.15, -0.1) is 0 Å². The largest absolute Gasteiger partial charge is 0.465 e. The maximum absolute atomic E-state index is 13.3. The van der Waals surface area contributed by atoms with Crippen molar-refractivity contribution in [2.75, 3.05) is 20.2 Å². The van der Waals surface area contributed by atoms with Gasteiger partial charge in [-0.1, -0.05) is 12.1 Å². The van der Waals surface area contributed by atoms with Gasteiger partial charge in [-0.25, -0.2) is 4.79 Å². The summed E-state index contributed by atoms with van der Waals surface area (Å²) in [4.78, 5) is 26.8. The number of nitrogens with one attached hydrogen (secondary N) is 1. The Morgan fingerprint density at radius 1 is 1.07 bits per heavy atom. The second-order valence-corrected chi connectivity index (χ2v) is 6.79. The van der Waals surface area contributed by atoms with Crippen LogP contribution in [0.1, 0.15) is 44.7 Å². The lowest BCUT2D eigenvalue weighted by Crippen LogP contribution is -2.45. The van der Waals surface area contributed by atoms with Gasteiger partial charge in [0.2, 0.25) is 0 Å². The lowest BCUT2D eigenvalue weighted by atomic mass is 10.0. The molecular weight excluding hydrogens is 354 g/mol. The third-order valence-corrected chi connectivity index (χ3v) is 5.00. The average molecular weight is 377 g/mol. The minimum atomic E-state index is -0.424. The summed E-state index contributed by atoms with van der Waals surface area (Å²) in [5, 5.41) is 12.3. The Balaban J connectivity index is 1.83. The average Bonchev–Trinajstić information content (AvgIpc) is 2.77. The van der Waals surface area contributed by atoms with E-state index in [0.717, 1.165) is 31.5 Å². The van der Waals surface area contributed by atoms with Gasteiger partial charge in [-0.05, 0) is 67.9 Å². The Hall–Kier alpha value is -3.17. The van der Waals surface area contributed by atoms with E-state index in [4.69, 9.17) is 10.00 Å². The van der Waals surface area contributed by atoms with Crippen LogP contribution in [0, 0.1) is 11.3 Å². The normalized spacial score (nSPS) is 14.1. The molecule has 1 N–H and O–H groups in total. The number of piperidine rings is 1. The van der Waals surface area contributed by atoms with E-state index in [9.17, 15) is 9.59 Å². The summed E-state index contributed by atoms with van der Waals surface area (Å²) in [5.41, 5.74) is 2.54. The van der Waals surface area contributed by atoms with E-state index < -0.39 is 5.97 Å². The molecule has 0 saturated carbocycles. The van der Waals surface area contributed by atoms with Crippen molar-refractivity contribution in [3.8, 4) is 6.07 Å². The molecule has 0 aromatic heterocycles. The number of carbonyl (C=O) groups is 2. The third-order valence-electron chi connectivity index (χ3n) is 5.00. The van der Waals surface area contributed by atoms with Crippen LogP contribution in [-0.2, 0) is 11.3 Å². The van der Waals surface area contributed by atoms with Gasteiger partial charge < -0.3 is 15.0 Å². The van der Waals surface area contributed by atoms with Crippen LogP contribution in [0.15, 0.2) is 48.5 Å². The Bertz CT molecular complexity index is 863. The first-order valence-electron chi connectivity index (χ1n) is 9.31. The number of nitriles is 1. The Morgan fingerprint density at radius 2 is 1.68 bits per heavy atom. The lowest BCUT2D eigenvalue weighted by molar-refractivity contribution is 0.0595. The Morgan fingerprint density at radius 3 is 2.25 bits per heavy atom. The third kappa shape index (κ3) is 4.56. The van der Waals surface area contributed by atoms with Crippen LogP contribution in [0.4, 0.5) is 0 Å². The maximum atomic E-state index is 13.3. The first-order chi connectivity index (χ1) is 13.6. The fourth-order valence-electron chi connectivity index (χ4n) is 3.40. The van der Waals surface area contributed by atoms with E-state index in [0.29, 0.717) is 23.2 Å². The predicted octanol–water partition coefficient (Wildman–Crippen LogP) is 2.74. The molecule has 1 heterocycles. The number of ether oxygens (including phenoxy) is 1. The standard InChI is InChI=1S/C22H23N3O3/c1-28-22(27)19-8-6-18(7-9-19)21(26)25(20-10-12-24-13-11-20)15-17-4-2-16(14-23)3-5-17/h2-9,20,24H,10-13,15H2,1H3. The molecule has 1 saturated heterocycles. The van der Waals surface area contributed by atoms with Crippen molar-refractivity contribution >= 4 is 11.9 Å². The number of esters is 1. The van der Waals surface area contributed by atoms with Gasteiger partial charge in [0.25, 0.3) is 5.91 Å². The van der Waals surface area contributed by atoms with Crippen LogP contribution < -0.4 is 5.32 Å². The molecular formula is C22H23N3O3. The zero-order chi connectivity index (χ0) is 19.9. The van der Waals surface area contributed by atoms with Crippen molar-refractivity contribution in [1.29, 1.82) is 5.26 Å². The molecule has 2 aromatic rings. The molecule has 28 heavy (non-hydrogen) atoms. The van der Waals surface area contributed by atoms with Gasteiger partial charge in [-0.2, -0.15) is 5.26 Å². The van der Waals surface area contributed by atoms with Crippen molar-refractivity contribution in [1.82, 2.24) is 10.2 Å². The summed E-state index contributed by atoms with van der Waals surface area (Å²) < 4.78 is 4.71. The van der Waals surface area contributed by atoms with Crippen LogP contribution >= 0.6 is 0 Å². The Kier molecular flexibility index (Phi) is 6.41. The Labute approximate surface area is 164 Å². The van der Waals surface area contributed by atoms with Gasteiger partial charge >= 0.3 is 5.97 Å². The molecule has 0 aliphatic carbocycles. The monoisotopic (exact) mass is 377 g/mol. The second kappa shape index (κ2) is 9.16. The highest BCUT2D eigenvalue weighted by molar-refractivity contribution is 5.96. The molecule has 0 radical (unpaired) electrons. The van der Waals surface area contributed by atoms with Crippen molar-refractivity contribution in [3.63, 3.8) is 0 Å². The fourth-order valence-corrected chi connectivity index (χ4v) is 3.40. The molecule has 0 unspecified atom stereocenters. The molecule has 1 aliphatic heterocycles. The number of nitrogens with zero attached hydrogens (tertiary/aromatic N) is 2. The molecule has 0 bridgehead atoms. The molecule has 2 aromatic carbocycles. The molecule has 6 nitrogen and oxygen atoms in total. The summed E-state index contributed by atoms with van der Waals surface area (Å²) in [6, 6.07) is 16.1. The van der Waals surface area contributed by atoms with E-state index in [1.54, 1.807) is 36.4 Å². The first kappa shape index (κ1) is 19.6. The minimum Gasteiger partial charge on any atom is -0.465 e. The number of rotatable bonds is 5. The maximum Gasteiger partial charge on any atom is 0.337 e. The summed E-state index contributed by atoms with van der Waals surface area (Å²) in [7, 11) is 1.33.